The van der Waals surface area contributed by atoms with Crippen molar-refractivity contribution in [2.24, 2.45) is 11.8 Å². The van der Waals surface area contributed by atoms with Gasteiger partial charge in [0.25, 0.3) is 0 Å². The maximum absolute atomic E-state index is 12.7. The van der Waals surface area contributed by atoms with Crippen molar-refractivity contribution in [3.63, 3.8) is 0 Å². The summed E-state index contributed by atoms with van der Waals surface area (Å²) in [6.07, 6.45) is 1.61. The van der Waals surface area contributed by atoms with E-state index in [1.54, 1.807) is 18.4 Å². The first-order valence-corrected chi connectivity index (χ1v) is 9.80. The minimum absolute atomic E-state index is 0.150. The molecule has 3 atom stereocenters. The number of carbonyl (C=O) groups excluding carboxylic acids is 1. The van der Waals surface area contributed by atoms with Crippen LogP contribution < -0.4 is 0 Å². The second-order valence-corrected chi connectivity index (χ2v) is 7.78. The Hall–Kier alpha value is -1.43. The third kappa shape index (κ3) is 4.22. The predicted molar refractivity (Wildman–Crippen MR) is 102 cm³/mol. The zero-order valence-corrected chi connectivity index (χ0v) is 16.1. The van der Waals surface area contributed by atoms with Crippen molar-refractivity contribution in [3.8, 4) is 0 Å². The Labute approximate surface area is 153 Å². The summed E-state index contributed by atoms with van der Waals surface area (Å²) in [7, 11) is 3.59. The molecule has 0 saturated heterocycles. The summed E-state index contributed by atoms with van der Waals surface area (Å²) in [5.41, 5.74) is 1.30. The first kappa shape index (κ1) is 18.4. The van der Waals surface area contributed by atoms with Gasteiger partial charge in [-0.1, -0.05) is 25.1 Å². The van der Waals surface area contributed by atoms with Crippen LogP contribution in [0.1, 0.15) is 31.4 Å². The van der Waals surface area contributed by atoms with Crippen LogP contribution in [0.15, 0.2) is 29.6 Å². The molecule has 0 radical (unpaired) electrons. The number of ether oxygens (including phenoxy) is 2. The van der Waals surface area contributed by atoms with Crippen LogP contribution in [0.2, 0.25) is 0 Å². The molecule has 1 fully saturated rings. The monoisotopic (exact) mass is 361 g/mol. The molecule has 1 amide bonds. The quantitative estimate of drug-likeness (QED) is 0.631. The maximum Gasteiger partial charge on any atom is 0.225 e. The molecule has 0 spiro atoms. The summed E-state index contributed by atoms with van der Waals surface area (Å²) < 4.78 is 11.7. The Morgan fingerprint density at radius 2 is 2.08 bits per heavy atom. The third-order valence-corrected chi connectivity index (χ3v) is 6.09. The van der Waals surface area contributed by atoms with E-state index in [1.807, 2.05) is 11.9 Å². The normalized spacial score (nSPS) is 20.6. The number of thiophene rings is 1. The molecule has 1 heterocycles. The van der Waals surface area contributed by atoms with Gasteiger partial charge in [-0.05, 0) is 40.7 Å². The number of hydrogen-bond donors (Lipinski definition) is 0. The van der Waals surface area contributed by atoms with Gasteiger partial charge < -0.3 is 14.4 Å². The van der Waals surface area contributed by atoms with E-state index >= 15 is 0 Å². The Morgan fingerprint density at radius 1 is 1.32 bits per heavy atom. The molecular formula is C20H27NO3S. The second kappa shape index (κ2) is 8.30. The number of methoxy groups -OCH3 is 1. The van der Waals surface area contributed by atoms with Gasteiger partial charge in [0.15, 0.2) is 0 Å². The zero-order valence-electron chi connectivity index (χ0n) is 15.2. The lowest BCUT2D eigenvalue weighted by Gasteiger charge is -2.29. The van der Waals surface area contributed by atoms with E-state index in [9.17, 15) is 4.79 Å². The van der Waals surface area contributed by atoms with E-state index in [4.69, 9.17) is 9.47 Å². The molecule has 1 aliphatic rings. The minimum Gasteiger partial charge on any atom is -0.382 e. The van der Waals surface area contributed by atoms with E-state index in [0.717, 1.165) is 0 Å². The third-order valence-electron chi connectivity index (χ3n) is 5.11. The topological polar surface area (TPSA) is 38.8 Å². The Balaban J connectivity index is 1.71. The van der Waals surface area contributed by atoms with Gasteiger partial charge in [-0.2, -0.15) is 0 Å². The summed E-state index contributed by atoms with van der Waals surface area (Å²) in [5, 5.41) is 3.52. The average Bonchev–Trinajstić information content (AvgIpc) is 3.18. The summed E-state index contributed by atoms with van der Waals surface area (Å²) >= 11 is 1.77. The van der Waals surface area contributed by atoms with Gasteiger partial charge >= 0.3 is 0 Å². The molecule has 1 aliphatic carbocycles. The van der Waals surface area contributed by atoms with Crippen LogP contribution in [0.25, 0.3) is 10.1 Å². The van der Waals surface area contributed by atoms with Gasteiger partial charge in [0.2, 0.25) is 5.91 Å². The number of fused-ring (bicyclic) bond motifs is 1. The van der Waals surface area contributed by atoms with Crippen molar-refractivity contribution >= 4 is 27.3 Å². The van der Waals surface area contributed by atoms with Crippen LogP contribution in [-0.4, -0.2) is 44.8 Å². The van der Waals surface area contributed by atoms with Crippen LogP contribution in [0, 0.1) is 11.8 Å². The molecule has 136 valence electrons. The molecule has 1 aromatic carbocycles. The molecule has 1 aromatic heterocycles. The number of amides is 1. The molecule has 4 nitrogen and oxygen atoms in total. The molecule has 0 aliphatic heterocycles. The SMILES string of the molecule is COCCOCCC(=O)N(C)[C@H](c1csc2ccccc12)[C@@H]1C[C@H]1C. The number of nitrogens with zero attached hydrogens (tertiary/aromatic N) is 1. The Bertz CT molecular complexity index is 714. The van der Waals surface area contributed by atoms with Crippen molar-refractivity contribution in [1.29, 1.82) is 0 Å². The molecule has 2 aromatic rings. The summed E-state index contributed by atoms with van der Waals surface area (Å²) in [4.78, 5) is 14.7. The molecule has 0 bridgehead atoms. The van der Waals surface area contributed by atoms with Gasteiger partial charge in [0.05, 0.1) is 32.3 Å². The molecule has 3 rings (SSSR count). The molecule has 25 heavy (non-hydrogen) atoms. The van der Waals surface area contributed by atoms with Crippen molar-refractivity contribution in [3.05, 3.63) is 35.2 Å². The van der Waals surface area contributed by atoms with Crippen LogP contribution >= 0.6 is 11.3 Å². The largest absolute Gasteiger partial charge is 0.382 e. The highest BCUT2D eigenvalue weighted by Crippen LogP contribution is 2.51. The highest BCUT2D eigenvalue weighted by molar-refractivity contribution is 7.17. The van der Waals surface area contributed by atoms with Gasteiger partial charge in [-0.15, -0.1) is 11.3 Å². The van der Waals surface area contributed by atoms with Crippen LogP contribution in [0.5, 0.6) is 0 Å². The lowest BCUT2D eigenvalue weighted by molar-refractivity contribution is -0.133. The van der Waals surface area contributed by atoms with Crippen molar-refractivity contribution in [2.45, 2.75) is 25.8 Å². The van der Waals surface area contributed by atoms with E-state index in [1.165, 1.54) is 22.1 Å². The Kier molecular flexibility index (Phi) is 6.10. The van der Waals surface area contributed by atoms with Crippen LogP contribution in [-0.2, 0) is 14.3 Å². The lowest BCUT2D eigenvalue weighted by atomic mass is 9.98. The molecule has 0 N–H and O–H groups in total. The van der Waals surface area contributed by atoms with Gasteiger partial charge in [0, 0.05) is 18.9 Å². The van der Waals surface area contributed by atoms with Crippen molar-refractivity contribution in [1.82, 2.24) is 4.90 Å². The van der Waals surface area contributed by atoms with Crippen LogP contribution in [0.4, 0.5) is 0 Å². The van der Waals surface area contributed by atoms with Crippen molar-refractivity contribution in [2.75, 3.05) is 34.0 Å². The van der Waals surface area contributed by atoms with E-state index < -0.39 is 0 Å². The zero-order chi connectivity index (χ0) is 17.8. The van der Waals surface area contributed by atoms with E-state index in [-0.39, 0.29) is 11.9 Å². The molecule has 1 saturated carbocycles. The number of rotatable bonds is 9. The molecule has 0 unspecified atom stereocenters. The highest BCUT2D eigenvalue weighted by atomic mass is 32.1. The molecular weight excluding hydrogens is 334 g/mol. The standard InChI is InChI=1S/C20H27NO3S/c1-14-12-16(14)20(17-13-25-18-7-5-4-6-15(17)18)21(2)19(22)8-9-24-11-10-23-3/h4-7,13-14,16,20H,8-12H2,1-3H3/t14-,16-,20+/m1/s1. The number of benzene rings is 1. The predicted octanol–water partition coefficient (Wildman–Crippen LogP) is 4.11. The van der Waals surface area contributed by atoms with Crippen LogP contribution in [0.3, 0.4) is 0 Å². The number of hydrogen-bond acceptors (Lipinski definition) is 4. The van der Waals surface area contributed by atoms with Gasteiger partial charge in [0.1, 0.15) is 0 Å². The summed E-state index contributed by atoms with van der Waals surface area (Å²) in [6, 6.07) is 8.65. The smallest absolute Gasteiger partial charge is 0.225 e. The summed E-state index contributed by atoms with van der Waals surface area (Å²) in [5.74, 6) is 1.38. The summed E-state index contributed by atoms with van der Waals surface area (Å²) in [6.45, 7) is 3.82. The van der Waals surface area contributed by atoms with Gasteiger partial charge in [-0.3, -0.25) is 4.79 Å². The molecule has 5 heteroatoms. The lowest BCUT2D eigenvalue weighted by Crippen LogP contribution is -2.33. The Morgan fingerprint density at radius 3 is 2.80 bits per heavy atom. The average molecular weight is 362 g/mol. The van der Waals surface area contributed by atoms with E-state index in [2.05, 4.69) is 36.6 Å². The van der Waals surface area contributed by atoms with E-state index in [0.29, 0.717) is 38.1 Å². The minimum atomic E-state index is 0.150. The highest BCUT2D eigenvalue weighted by Gasteiger charge is 2.44. The fourth-order valence-corrected chi connectivity index (χ4v) is 4.47. The number of carbonyl (C=O) groups is 1. The maximum atomic E-state index is 12.7. The second-order valence-electron chi connectivity index (χ2n) is 6.87. The van der Waals surface area contributed by atoms with Crippen molar-refractivity contribution < 1.29 is 14.3 Å². The fourth-order valence-electron chi connectivity index (χ4n) is 3.48. The van der Waals surface area contributed by atoms with Gasteiger partial charge in [-0.25, -0.2) is 0 Å². The first-order chi connectivity index (χ1) is 12.1. The fraction of sp³-hybridized carbons (Fsp3) is 0.550. The first-order valence-electron chi connectivity index (χ1n) is 8.92.